The van der Waals surface area contributed by atoms with Gasteiger partial charge in [0.25, 0.3) is 5.91 Å². The number of amides is 1. The van der Waals surface area contributed by atoms with Gasteiger partial charge in [0.05, 0.1) is 21.3 Å². The number of ether oxygens (including phenoxy) is 5. The second-order valence-corrected chi connectivity index (χ2v) is 7.39. The van der Waals surface area contributed by atoms with E-state index in [0.29, 0.717) is 61.5 Å². The summed E-state index contributed by atoms with van der Waals surface area (Å²) in [5, 5.41) is 9.63. The minimum Gasteiger partial charge on any atom is -0.508 e. The smallest absolute Gasteiger partial charge is 0.292 e. The highest BCUT2D eigenvalue weighted by Gasteiger charge is 2.28. The van der Waals surface area contributed by atoms with Crippen molar-refractivity contribution in [3.63, 3.8) is 0 Å². The van der Waals surface area contributed by atoms with Gasteiger partial charge in [-0.25, -0.2) is 0 Å². The van der Waals surface area contributed by atoms with Gasteiger partial charge in [-0.05, 0) is 18.2 Å². The first kappa shape index (κ1) is 21.6. The highest BCUT2D eigenvalue weighted by atomic mass is 16.6. The zero-order valence-electron chi connectivity index (χ0n) is 18.3. The zero-order valence-corrected chi connectivity index (χ0v) is 18.3. The summed E-state index contributed by atoms with van der Waals surface area (Å²) < 4.78 is 27.5. The van der Waals surface area contributed by atoms with Gasteiger partial charge in [-0.2, -0.15) is 0 Å². The second-order valence-electron chi connectivity index (χ2n) is 7.39. The number of nitrogens with zero attached hydrogens (tertiary/aromatic N) is 2. The topological polar surface area (TPSA) is 89.9 Å². The summed E-state index contributed by atoms with van der Waals surface area (Å²) in [4.78, 5) is 16.9. The number of carbonyl (C=O) groups is 1. The fraction of sp³-hybridized carbons (Fsp3) is 0.348. The summed E-state index contributed by atoms with van der Waals surface area (Å²) in [6, 6.07) is 8.32. The van der Waals surface area contributed by atoms with Gasteiger partial charge in [-0.15, -0.1) is 0 Å². The van der Waals surface area contributed by atoms with E-state index in [2.05, 4.69) is 4.90 Å². The van der Waals surface area contributed by atoms with Gasteiger partial charge in [0.1, 0.15) is 12.0 Å². The standard InChI is InChI=1S/C23H26N2O7/c1-28-18-6-4-15(21(29-2)22(18)30-3)13-24-8-10-25(11-9-24)23(27)20-14-31-17-7-5-16(26)12-19(17)32-20/h4-7,12,14,26H,8-11,13H2,1-3H3. The van der Waals surface area contributed by atoms with Crippen molar-refractivity contribution in [3.05, 3.63) is 47.9 Å². The zero-order chi connectivity index (χ0) is 22.7. The number of aromatic hydroxyl groups is 1. The molecular weight excluding hydrogens is 416 g/mol. The number of phenols is 1. The van der Waals surface area contributed by atoms with E-state index in [1.165, 1.54) is 18.4 Å². The lowest BCUT2D eigenvalue weighted by Gasteiger charge is -2.35. The van der Waals surface area contributed by atoms with Crippen LogP contribution in [0.1, 0.15) is 5.56 Å². The molecule has 2 heterocycles. The van der Waals surface area contributed by atoms with Crippen molar-refractivity contribution in [2.75, 3.05) is 47.5 Å². The maximum atomic E-state index is 12.9. The van der Waals surface area contributed by atoms with Crippen LogP contribution in [0.25, 0.3) is 0 Å². The van der Waals surface area contributed by atoms with Gasteiger partial charge >= 0.3 is 0 Å². The predicted molar refractivity (Wildman–Crippen MR) is 115 cm³/mol. The van der Waals surface area contributed by atoms with Crippen molar-refractivity contribution in [1.82, 2.24) is 9.80 Å². The maximum absolute atomic E-state index is 12.9. The number of hydrogen-bond acceptors (Lipinski definition) is 8. The van der Waals surface area contributed by atoms with Crippen LogP contribution in [-0.2, 0) is 11.3 Å². The highest BCUT2D eigenvalue weighted by Crippen LogP contribution is 2.40. The molecule has 1 saturated heterocycles. The van der Waals surface area contributed by atoms with Crippen LogP contribution in [0.5, 0.6) is 34.5 Å². The van der Waals surface area contributed by atoms with Gasteiger partial charge in [0, 0.05) is 44.4 Å². The molecule has 2 aliphatic rings. The quantitative estimate of drug-likeness (QED) is 0.730. The third-order valence-corrected chi connectivity index (χ3v) is 5.49. The second kappa shape index (κ2) is 9.27. The lowest BCUT2D eigenvalue weighted by molar-refractivity contribution is -0.131. The number of piperazine rings is 1. The molecule has 2 aliphatic heterocycles. The molecule has 9 nitrogen and oxygen atoms in total. The summed E-state index contributed by atoms with van der Waals surface area (Å²) in [5.41, 5.74) is 0.980. The third kappa shape index (κ3) is 4.24. The van der Waals surface area contributed by atoms with Crippen LogP contribution in [0.3, 0.4) is 0 Å². The van der Waals surface area contributed by atoms with E-state index < -0.39 is 0 Å². The number of methoxy groups -OCH3 is 3. The van der Waals surface area contributed by atoms with Crippen molar-refractivity contribution in [2.24, 2.45) is 0 Å². The Bertz CT molecular complexity index is 1030. The van der Waals surface area contributed by atoms with Crippen LogP contribution >= 0.6 is 0 Å². The molecule has 9 heteroatoms. The Kier molecular flexibility index (Phi) is 6.27. The summed E-state index contributed by atoms with van der Waals surface area (Å²) in [7, 11) is 4.78. The molecule has 0 aliphatic carbocycles. The summed E-state index contributed by atoms with van der Waals surface area (Å²) in [6.45, 7) is 3.12. The molecule has 2 aromatic rings. The molecule has 4 rings (SSSR count). The van der Waals surface area contributed by atoms with E-state index >= 15 is 0 Å². The number of rotatable bonds is 6. The number of carbonyl (C=O) groups excluding carboxylic acids is 1. The lowest BCUT2D eigenvalue weighted by atomic mass is 10.1. The molecule has 2 aromatic carbocycles. The summed E-state index contributed by atoms with van der Waals surface area (Å²) in [5.74, 6) is 2.48. The first-order valence-electron chi connectivity index (χ1n) is 10.2. The number of hydrogen-bond donors (Lipinski definition) is 1. The minimum atomic E-state index is -0.248. The SMILES string of the molecule is COc1ccc(CN2CCN(C(=O)C3=COc4ccc(O)cc4O3)CC2)c(OC)c1OC. The van der Waals surface area contributed by atoms with Crippen molar-refractivity contribution in [1.29, 1.82) is 0 Å². The summed E-state index contributed by atoms with van der Waals surface area (Å²) in [6.07, 6.45) is 1.31. The molecule has 0 bridgehead atoms. The Morgan fingerprint density at radius 2 is 1.72 bits per heavy atom. The average molecular weight is 442 g/mol. The molecule has 170 valence electrons. The van der Waals surface area contributed by atoms with Gasteiger partial charge in [-0.3, -0.25) is 9.69 Å². The molecule has 0 aromatic heterocycles. The third-order valence-electron chi connectivity index (χ3n) is 5.49. The van der Waals surface area contributed by atoms with Gasteiger partial charge in [-0.1, -0.05) is 6.07 Å². The first-order chi connectivity index (χ1) is 15.5. The van der Waals surface area contributed by atoms with E-state index in [1.807, 2.05) is 12.1 Å². The van der Waals surface area contributed by atoms with Crippen LogP contribution < -0.4 is 23.7 Å². The van der Waals surface area contributed by atoms with E-state index in [4.69, 9.17) is 23.7 Å². The van der Waals surface area contributed by atoms with Crippen LogP contribution in [-0.4, -0.2) is 68.3 Å². The van der Waals surface area contributed by atoms with Crippen molar-refractivity contribution in [3.8, 4) is 34.5 Å². The van der Waals surface area contributed by atoms with Crippen LogP contribution in [0, 0.1) is 0 Å². The highest BCUT2D eigenvalue weighted by molar-refractivity contribution is 5.92. The van der Waals surface area contributed by atoms with Crippen LogP contribution in [0.15, 0.2) is 42.4 Å². The van der Waals surface area contributed by atoms with Crippen molar-refractivity contribution >= 4 is 5.91 Å². The molecular formula is C23H26N2O7. The molecule has 1 N–H and O–H groups in total. The molecule has 0 atom stereocenters. The van der Waals surface area contributed by atoms with E-state index in [0.717, 1.165) is 5.56 Å². The van der Waals surface area contributed by atoms with Crippen molar-refractivity contribution < 1.29 is 33.6 Å². The fourth-order valence-corrected chi connectivity index (χ4v) is 3.82. The number of benzene rings is 2. The minimum absolute atomic E-state index is 0.0419. The normalized spacial score (nSPS) is 15.7. The average Bonchev–Trinajstić information content (AvgIpc) is 2.83. The molecule has 0 radical (unpaired) electrons. The molecule has 1 amide bonds. The Morgan fingerprint density at radius 1 is 0.969 bits per heavy atom. The summed E-state index contributed by atoms with van der Waals surface area (Å²) >= 11 is 0. The Balaban J connectivity index is 1.38. The first-order valence-corrected chi connectivity index (χ1v) is 10.2. The van der Waals surface area contributed by atoms with Crippen molar-refractivity contribution in [2.45, 2.75) is 6.54 Å². The Labute approximate surface area is 186 Å². The van der Waals surface area contributed by atoms with E-state index in [1.54, 1.807) is 32.3 Å². The lowest BCUT2D eigenvalue weighted by Crippen LogP contribution is -2.49. The van der Waals surface area contributed by atoms with Gasteiger partial charge < -0.3 is 33.7 Å². The van der Waals surface area contributed by atoms with Gasteiger partial charge in [0.2, 0.25) is 11.5 Å². The molecule has 0 saturated carbocycles. The largest absolute Gasteiger partial charge is 0.508 e. The van der Waals surface area contributed by atoms with E-state index in [9.17, 15) is 9.90 Å². The predicted octanol–water partition coefficient (Wildman–Crippen LogP) is 2.38. The molecule has 0 spiro atoms. The maximum Gasteiger partial charge on any atom is 0.292 e. The number of phenolic OH excluding ortho intramolecular Hbond substituents is 1. The van der Waals surface area contributed by atoms with E-state index in [-0.39, 0.29) is 17.4 Å². The molecule has 1 fully saturated rings. The molecule has 0 unspecified atom stereocenters. The Hall–Kier alpha value is -3.59. The van der Waals surface area contributed by atoms with Crippen LogP contribution in [0.2, 0.25) is 0 Å². The van der Waals surface area contributed by atoms with Gasteiger partial charge in [0.15, 0.2) is 23.0 Å². The fourth-order valence-electron chi connectivity index (χ4n) is 3.82. The monoisotopic (exact) mass is 442 g/mol. The van der Waals surface area contributed by atoms with Crippen LogP contribution in [0.4, 0.5) is 0 Å². The number of fused-ring (bicyclic) bond motifs is 1. The Morgan fingerprint density at radius 3 is 2.41 bits per heavy atom. The molecule has 32 heavy (non-hydrogen) atoms.